The van der Waals surface area contributed by atoms with E-state index in [0.717, 1.165) is 18.2 Å². The summed E-state index contributed by atoms with van der Waals surface area (Å²) in [6.07, 6.45) is 8.23. The summed E-state index contributed by atoms with van der Waals surface area (Å²) in [5.74, 6) is 0. The second kappa shape index (κ2) is 8.57. The highest BCUT2D eigenvalue weighted by Gasteiger charge is 2.10. The summed E-state index contributed by atoms with van der Waals surface area (Å²) in [6.45, 7) is 2.40. The molecule has 106 valence electrons. The first-order chi connectivity index (χ1) is 9.34. The van der Waals surface area contributed by atoms with Crippen molar-refractivity contribution in [3.8, 4) is 0 Å². The number of ether oxygens (including phenoxy) is 1. The quantitative estimate of drug-likeness (QED) is 0.624. The summed E-state index contributed by atoms with van der Waals surface area (Å²) >= 11 is 5.84. The molecule has 3 heteroatoms. The van der Waals surface area contributed by atoms with Crippen LogP contribution in [0.3, 0.4) is 0 Å². The zero-order valence-corrected chi connectivity index (χ0v) is 12.3. The second-order valence-electron chi connectivity index (χ2n) is 5.32. The summed E-state index contributed by atoms with van der Waals surface area (Å²) in [5, 5.41) is 4.39. The van der Waals surface area contributed by atoms with Gasteiger partial charge in [-0.1, -0.05) is 49.4 Å². The average molecular weight is 282 g/mol. The van der Waals surface area contributed by atoms with Gasteiger partial charge >= 0.3 is 0 Å². The lowest BCUT2D eigenvalue weighted by Gasteiger charge is -2.16. The van der Waals surface area contributed by atoms with Gasteiger partial charge in [0.1, 0.15) is 0 Å². The van der Waals surface area contributed by atoms with Crippen molar-refractivity contribution >= 4 is 11.6 Å². The lowest BCUT2D eigenvalue weighted by atomic mass is 10.1. The van der Waals surface area contributed by atoms with Gasteiger partial charge < -0.3 is 10.1 Å². The SMILES string of the molecule is Clc1ccc(COCCNC2CCCCCC2)cc1. The third-order valence-electron chi connectivity index (χ3n) is 3.72. The molecule has 1 fully saturated rings. The third kappa shape index (κ3) is 5.94. The van der Waals surface area contributed by atoms with Crippen LogP contribution < -0.4 is 5.32 Å². The fourth-order valence-electron chi connectivity index (χ4n) is 2.59. The van der Waals surface area contributed by atoms with Gasteiger partial charge in [-0.15, -0.1) is 0 Å². The van der Waals surface area contributed by atoms with Gasteiger partial charge in [-0.2, -0.15) is 0 Å². The van der Waals surface area contributed by atoms with Crippen LogP contribution in [0.1, 0.15) is 44.1 Å². The molecule has 19 heavy (non-hydrogen) atoms. The largest absolute Gasteiger partial charge is 0.375 e. The van der Waals surface area contributed by atoms with Crippen LogP contribution in [0.25, 0.3) is 0 Å². The topological polar surface area (TPSA) is 21.3 Å². The number of rotatable bonds is 6. The first kappa shape index (κ1) is 14.8. The van der Waals surface area contributed by atoms with Crippen molar-refractivity contribution in [3.63, 3.8) is 0 Å². The van der Waals surface area contributed by atoms with Gasteiger partial charge in [0, 0.05) is 17.6 Å². The molecule has 0 radical (unpaired) electrons. The minimum absolute atomic E-state index is 0.670. The number of hydrogen-bond donors (Lipinski definition) is 1. The Morgan fingerprint density at radius 1 is 1.05 bits per heavy atom. The minimum Gasteiger partial charge on any atom is -0.375 e. The van der Waals surface area contributed by atoms with Crippen LogP contribution in [-0.4, -0.2) is 19.2 Å². The fraction of sp³-hybridized carbons (Fsp3) is 0.625. The van der Waals surface area contributed by atoms with Gasteiger partial charge in [0.05, 0.1) is 13.2 Å². The molecule has 2 nitrogen and oxygen atoms in total. The lowest BCUT2D eigenvalue weighted by Crippen LogP contribution is -2.31. The summed E-state index contributed by atoms with van der Waals surface area (Å²) in [6, 6.07) is 8.55. The van der Waals surface area contributed by atoms with Crippen LogP contribution in [0.2, 0.25) is 5.02 Å². The maximum absolute atomic E-state index is 5.84. The van der Waals surface area contributed by atoms with Crippen LogP contribution in [-0.2, 0) is 11.3 Å². The van der Waals surface area contributed by atoms with E-state index in [9.17, 15) is 0 Å². The Labute approximate surface area is 121 Å². The van der Waals surface area contributed by atoms with E-state index < -0.39 is 0 Å². The maximum Gasteiger partial charge on any atom is 0.0717 e. The molecule has 1 aliphatic carbocycles. The van der Waals surface area contributed by atoms with Crippen molar-refractivity contribution in [2.45, 2.75) is 51.2 Å². The summed E-state index contributed by atoms with van der Waals surface area (Å²) in [7, 11) is 0. The van der Waals surface area contributed by atoms with Gasteiger partial charge in [-0.3, -0.25) is 0 Å². The predicted molar refractivity (Wildman–Crippen MR) is 80.6 cm³/mol. The first-order valence-corrected chi connectivity index (χ1v) is 7.78. The van der Waals surface area contributed by atoms with E-state index in [0.29, 0.717) is 12.6 Å². The molecule has 0 aliphatic heterocycles. The van der Waals surface area contributed by atoms with E-state index in [-0.39, 0.29) is 0 Å². The van der Waals surface area contributed by atoms with Crippen molar-refractivity contribution in [3.05, 3.63) is 34.9 Å². The van der Waals surface area contributed by atoms with Gasteiger partial charge in [0.2, 0.25) is 0 Å². The summed E-state index contributed by atoms with van der Waals surface area (Å²) in [5.41, 5.74) is 1.18. The van der Waals surface area contributed by atoms with E-state index in [1.54, 1.807) is 0 Å². The van der Waals surface area contributed by atoms with Gasteiger partial charge in [-0.05, 0) is 30.5 Å². The molecule has 0 spiro atoms. The highest BCUT2D eigenvalue weighted by molar-refractivity contribution is 6.30. The van der Waals surface area contributed by atoms with Crippen LogP contribution in [0.4, 0.5) is 0 Å². The summed E-state index contributed by atoms with van der Waals surface area (Å²) < 4.78 is 5.68. The molecular weight excluding hydrogens is 258 g/mol. The monoisotopic (exact) mass is 281 g/mol. The number of benzene rings is 1. The van der Waals surface area contributed by atoms with E-state index in [1.165, 1.54) is 44.1 Å². The molecule has 1 aromatic rings. The molecule has 0 saturated heterocycles. The molecule has 0 unspecified atom stereocenters. The Morgan fingerprint density at radius 2 is 1.74 bits per heavy atom. The molecule has 0 heterocycles. The Hall–Kier alpha value is -0.570. The van der Waals surface area contributed by atoms with Crippen molar-refractivity contribution in [1.82, 2.24) is 5.32 Å². The molecule has 0 aromatic heterocycles. The smallest absolute Gasteiger partial charge is 0.0717 e. The maximum atomic E-state index is 5.84. The third-order valence-corrected chi connectivity index (χ3v) is 3.97. The molecular formula is C16H24ClNO. The van der Waals surface area contributed by atoms with E-state index >= 15 is 0 Å². The highest BCUT2D eigenvalue weighted by Crippen LogP contribution is 2.17. The molecule has 0 amide bonds. The number of halogens is 1. The fourth-order valence-corrected chi connectivity index (χ4v) is 2.72. The van der Waals surface area contributed by atoms with Crippen molar-refractivity contribution in [2.75, 3.05) is 13.2 Å². The Balaban J connectivity index is 1.55. The molecule has 1 saturated carbocycles. The van der Waals surface area contributed by atoms with E-state index in [4.69, 9.17) is 16.3 Å². The zero-order chi connectivity index (χ0) is 13.3. The van der Waals surface area contributed by atoms with E-state index in [1.807, 2.05) is 24.3 Å². The lowest BCUT2D eigenvalue weighted by molar-refractivity contribution is 0.120. The van der Waals surface area contributed by atoms with Crippen molar-refractivity contribution < 1.29 is 4.74 Å². The van der Waals surface area contributed by atoms with Crippen LogP contribution in [0, 0.1) is 0 Å². The van der Waals surface area contributed by atoms with Crippen molar-refractivity contribution in [2.24, 2.45) is 0 Å². The van der Waals surface area contributed by atoms with Crippen LogP contribution in [0.5, 0.6) is 0 Å². The average Bonchev–Trinajstić information content (AvgIpc) is 2.69. The summed E-state index contributed by atoms with van der Waals surface area (Å²) in [4.78, 5) is 0. The predicted octanol–water partition coefficient (Wildman–Crippen LogP) is 4.17. The minimum atomic E-state index is 0.670. The van der Waals surface area contributed by atoms with Crippen molar-refractivity contribution in [1.29, 1.82) is 0 Å². The molecule has 0 bridgehead atoms. The second-order valence-corrected chi connectivity index (χ2v) is 5.76. The Morgan fingerprint density at radius 3 is 2.42 bits per heavy atom. The molecule has 2 rings (SSSR count). The Kier molecular flexibility index (Phi) is 6.69. The van der Waals surface area contributed by atoms with Gasteiger partial charge in [0.25, 0.3) is 0 Å². The first-order valence-electron chi connectivity index (χ1n) is 7.40. The standard InChI is InChI=1S/C16H24ClNO/c17-15-9-7-14(8-10-15)13-19-12-11-18-16-5-3-1-2-4-6-16/h7-10,16,18H,1-6,11-13H2. The highest BCUT2D eigenvalue weighted by atomic mass is 35.5. The van der Waals surface area contributed by atoms with Crippen LogP contribution in [0.15, 0.2) is 24.3 Å². The Bertz CT molecular complexity index is 344. The number of hydrogen-bond acceptors (Lipinski definition) is 2. The molecule has 1 aliphatic rings. The van der Waals surface area contributed by atoms with Crippen LogP contribution >= 0.6 is 11.6 Å². The molecule has 1 N–H and O–H groups in total. The zero-order valence-electron chi connectivity index (χ0n) is 11.5. The van der Waals surface area contributed by atoms with Gasteiger partial charge in [0.15, 0.2) is 0 Å². The molecule has 1 aromatic carbocycles. The number of nitrogens with one attached hydrogen (secondary N) is 1. The van der Waals surface area contributed by atoms with E-state index in [2.05, 4.69) is 5.32 Å². The molecule has 0 atom stereocenters. The van der Waals surface area contributed by atoms with Gasteiger partial charge in [-0.25, -0.2) is 0 Å². The normalized spacial score (nSPS) is 17.3.